The van der Waals surface area contributed by atoms with Crippen LogP contribution in [0.25, 0.3) is 0 Å². The summed E-state index contributed by atoms with van der Waals surface area (Å²) in [6, 6.07) is 0. The van der Waals surface area contributed by atoms with Crippen LogP contribution < -0.4 is 0 Å². The average molecular weight is 342 g/mol. The molecule has 0 fully saturated rings. The van der Waals surface area contributed by atoms with Crippen LogP contribution in [0.3, 0.4) is 0 Å². The number of ether oxygens (including phenoxy) is 1. The number of rotatable bonds is 18. The first kappa shape index (κ1) is 23.4. The second kappa shape index (κ2) is 18.8. The molecule has 0 N–H and O–H groups in total. The van der Waals surface area contributed by atoms with Gasteiger partial charge in [-0.25, -0.2) is 0 Å². The van der Waals surface area contributed by atoms with E-state index in [4.69, 9.17) is 4.74 Å². The molecule has 0 aliphatic carbocycles. The van der Waals surface area contributed by atoms with Gasteiger partial charge in [-0.1, -0.05) is 72.1 Å². The Kier molecular flexibility index (Phi) is 18.3. The van der Waals surface area contributed by atoms with Gasteiger partial charge >= 0.3 is 5.97 Å². The minimum Gasteiger partial charge on any atom is -0.466 e. The molecule has 0 bridgehead atoms. The third-order valence-electron chi connectivity index (χ3n) is 4.48. The summed E-state index contributed by atoms with van der Waals surface area (Å²) in [5.74, 6) is -0.0153. The van der Waals surface area contributed by atoms with Crippen molar-refractivity contribution in [3.05, 3.63) is 0 Å². The van der Waals surface area contributed by atoms with Crippen molar-refractivity contribution >= 4 is 5.97 Å². The lowest BCUT2D eigenvalue weighted by molar-refractivity contribution is -0.143. The minimum absolute atomic E-state index is 0.0153. The fourth-order valence-corrected chi connectivity index (χ4v) is 3.00. The quantitative estimate of drug-likeness (QED) is 0.227. The molecule has 0 atom stereocenters. The molecule has 0 aromatic heterocycles. The summed E-state index contributed by atoms with van der Waals surface area (Å²) in [6.45, 7) is 10.6. The maximum atomic E-state index is 11.7. The molecule has 0 amide bonds. The zero-order valence-corrected chi connectivity index (χ0v) is 16.8. The van der Waals surface area contributed by atoms with Crippen LogP contribution in [0.15, 0.2) is 0 Å². The molecule has 3 nitrogen and oxygen atoms in total. The SMILES string of the molecule is CCCCCCCCCN(CCC)CCCC(=O)OCCCCC. The van der Waals surface area contributed by atoms with E-state index in [9.17, 15) is 4.79 Å². The van der Waals surface area contributed by atoms with Gasteiger partial charge in [0.1, 0.15) is 0 Å². The Morgan fingerprint density at radius 1 is 0.667 bits per heavy atom. The van der Waals surface area contributed by atoms with E-state index in [0.717, 1.165) is 32.4 Å². The van der Waals surface area contributed by atoms with Gasteiger partial charge in [0.25, 0.3) is 0 Å². The molecule has 0 saturated carbocycles. The molecular weight excluding hydrogens is 298 g/mol. The smallest absolute Gasteiger partial charge is 0.305 e. The summed E-state index contributed by atoms with van der Waals surface area (Å²) in [7, 11) is 0. The van der Waals surface area contributed by atoms with E-state index in [-0.39, 0.29) is 5.97 Å². The molecule has 24 heavy (non-hydrogen) atoms. The van der Waals surface area contributed by atoms with Crippen molar-refractivity contribution in [3.8, 4) is 0 Å². The van der Waals surface area contributed by atoms with Crippen LogP contribution in [0.2, 0.25) is 0 Å². The van der Waals surface area contributed by atoms with Crippen molar-refractivity contribution < 1.29 is 9.53 Å². The normalized spacial score (nSPS) is 11.2. The molecule has 0 rings (SSSR count). The van der Waals surface area contributed by atoms with E-state index in [1.54, 1.807) is 0 Å². The fourth-order valence-electron chi connectivity index (χ4n) is 3.00. The summed E-state index contributed by atoms with van der Waals surface area (Å²) < 4.78 is 5.27. The number of unbranched alkanes of at least 4 members (excludes halogenated alkanes) is 8. The molecule has 0 aromatic carbocycles. The summed E-state index contributed by atoms with van der Waals surface area (Å²) in [4.78, 5) is 14.2. The number of carbonyl (C=O) groups is 1. The van der Waals surface area contributed by atoms with Crippen molar-refractivity contribution in [2.75, 3.05) is 26.2 Å². The van der Waals surface area contributed by atoms with Crippen molar-refractivity contribution in [2.24, 2.45) is 0 Å². The van der Waals surface area contributed by atoms with Gasteiger partial charge in [-0.15, -0.1) is 0 Å². The highest BCUT2D eigenvalue weighted by Gasteiger charge is 2.07. The first-order chi connectivity index (χ1) is 11.7. The second-order valence-corrected chi connectivity index (χ2v) is 6.99. The number of nitrogens with zero attached hydrogens (tertiary/aromatic N) is 1. The topological polar surface area (TPSA) is 29.5 Å². The maximum Gasteiger partial charge on any atom is 0.305 e. The number of esters is 1. The van der Waals surface area contributed by atoms with Crippen LogP contribution in [-0.2, 0) is 9.53 Å². The van der Waals surface area contributed by atoms with Gasteiger partial charge in [0.2, 0.25) is 0 Å². The van der Waals surface area contributed by atoms with Gasteiger partial charge in [0, 0.05) is 6.42 Å². The van der Waals surface area contributed by atoms with E-state index in [0.29, 0.717) is 13.0 Å². The molecule has 0 aliphatic rings. The molecule has 144 valence electrons. The maximum absolute atomic E-state index is 11.7. The minimum atomic E-state index is -0.0153. The lowest BCUT2D eigenvalue weighted by Gasteiger charge is -2.21. The van der Waals surface area contributed by atoms with E-state index >= 15 is 0 Å². The summed E-state index contributed by atoms with van der Waals surface area (Å²) in [6.07, 6.45) is 15.6. The molecule has 0 spiro atoms. The molecule has 0 saturated heterocycles. The van der Waals surface area contributed by atoms with Gasteiger partial charge in [-0.05, 0) is 45.3 Å². The Labute approximate surface area is 151 Å². The summed E-state index contributed by atoms with van der Waals surface area (Å²) in [5, 5.41) is 0. The molecular formula is C21H43NO2. The van der Waals surface area contributed by atoms with Gasteiger partial charge in [0.15, 0.2) is 0 Å². The van der Waals surface area contributed by atoms with Crippen LogP contribution in [0.5, 0.6) is 0 Å². The Bertz CT molecular complexity index is 269. The molecule has 0 unspecified atom stereocenters. The Morgan fingerprint density at radius 2 is 1.25 bits per heavy atom. The number of carbonyl (C=O) groups excluding carboxylic acids is 1. The zero-order chi connectivity index (χ0) is 17.9. The molecule has 3 heteroatoms. The van der Waals surface area contributed by atoms with Crippen LogP contribution in [-0.4, -0.2) is 37.1 Å². The number of hydrogen-bond donors (Lipinski definition) is 0. The summed E-state index contributed by atoms with van der Waals surface area (Å²) >= 11 is 0. The predicted octanol–water partition coefficient (Wildman–Crippen LogP) is 5.96. The second-order valence-electron chi connectivity index (χ2n) is 6.99. The highest BCUT2D eigenvalue weighted by Crippen LogP contribution is 2.08. The third kappa shape index (κ3) is 16.3. The van der Waals surface area contributed by atoms with E-state index in [1.807, 2.05) is 0 Å². The predicted molar refractivity (Wildman–Crippen MR) is 104 cm³/mol. The van der Waals surface area contributed by atoms with Gasteiger partial charge in [0.05, 0.1) is 6.61 Å². The van der Waals surface area contributed by atoms with Crippen LogP contribution >= 0.6 is 0 Å². The van der Waals surface area contributed by atoms with E-state index < -0.39 is 0 Å². The molecule has 0 aliphatic heterocycles. The van der Waals surface area contributed by atoms with Crippen LogP contribution in [0, 0.1) is 0 Å². The van der Waals surface area contributed by atoms with Crippen LogP contribution in [0.1, 0.15) is 104 Å². The van der Waals surface area contributed by atoms with Gasteiger partial charge in [-0.3, -0.25) is 4.79 Å². The number of hydrogen-bond acceptors (Lipinski definition) is 3. The highest BCUT2D eigenvalue weighted by atomic mass is 16.5. The van der Waals surface area contributed by atoms with Crippen molar-refractivity contribution in [1.29, 1.82) is 0 Å². The van der Waals surface area contributed by atoms with Crippen molar-refractivity contribution in [1.82, 2.24) is 4.90 Å². The Balaban J connectivity index is 3.62. The van der Waals surface area contributed by atoms with Crippen molar-refractivity contribution in [2.45, 2.75) is 104 Å². The van der Waals surface area contributed by atoms with Crippen LogP contribution in [0.4, 0.5) is 0 Å². The van der Waals surface area contributed by atoms with Gasteiger partial charge in [-0.2, -0.15) is 0 Å². The zero-order valence-electron chi connectivity index (χ0n) is 16.8. The molecule has 0 heterocycles. The lowest BCUT2D eigenvalue weighted by Crippen LogP contribution is -2.27. The first-order valence-corrected chi connectivity index (χ1v) is 10.6. The summed E-state index contributed by atoms with van der Waals surface area (Å²) in [5.41, 5.74) is 0. The Morgan fingerprint density at radius 3 is 1.92 bits per heavy atom. The van der Waals surface area contributed by atoms with Crippen molar-refractivity contribution in [3.63, 3.8) is 0 Å². The fraction of sp³-hybridized carbons (Fsp3) is 0.952. The third-order valence-corrected chi connectivity index (χ3v) is 4.48. The molecule has 0 radical (unpaired) electrons. The average Bonchev–Trinajstić information content (AvgIpc) is 2.58. The highest BCUT2D eigenvalue weighted by molar-refractivity contribution is 5.69. The van der Waals surface area contributed by atoms with E-state index in [1.165, 1.54) is 64.3 Å². The monoisotopic (exact) mass is 341 g/mol. The Hall–Kier alpha value is -0.570. The lowest BCUT2D eigenvalue weighted by atomic mass is 10.1. The first-order valence-electron chi connectivity index (χ1n) is 10.6. The van der Waals surface area contributed by atoms with Gasteiger partial charge < -0.3 is 9.64 Å². The molecule has 0 aromatic rings. The standard InChI is InChI=1S/C21H43NO2/c1-4-7-9-10-11-12-13-18-22(17-6-3)19-15-16-21(23)24-20-14-8-5-2/h4-20H2,1-3H3. The van der Waals surface area contributed by atoms with E-state index in [2.05, 4.69) is 25.7 Å². The largest absolute Gasteiger partial charge is 0.466 e.